The van der Waals surface area contributed by atoms with Gasteiger partial charge in [-0.25, -0.2) is 4.39 Å². The van der Waals surface area contributed by atoms with E-state index in [9.17, 15) is 9.18 Å². The Morgan fingerprint density at radius 2 is 2.05 bits per heavy atom. The van der Waals surface area contributed by atoms with Crippen LogP contribution in [-0.2, 0) is 6.42 Å². The molecular weight excluding hydrogens is 279 g/mol. The Balaban J connectivity index is 1.92. The van der Waals surface area contributed by atoms with Crippen molar-refractivity contribution < 1.29 is 9.18 Å². The molecule has 2 rings (SSSR count). The quantitative estimate of drug-likeness (QED) is 0.886. The largest absolute Gasteiger partial charge is 0.363 e. The Morgan fingerprint density at radius 3 is 2.65 bits per heavy atom. The molecule has 1 amide bonds. The number of hydrogen-bond acceptors (Lipinski definition) is 5. The van der Waals surface area contributed by atoms with Gasteiger partial charge < -0.3 is 10.6 Å². The van der Waals surface area contributed by atoms with E-state index in [1.807, 2.05) is 6.92 Å². The molecule has 0 aliphatic heterocycles. The number of halogens is 1. The number of rotatable bonds is 5. The van der Waals surface area contributed by atoms with Gasteiger partial charge in [0.2, 0.25) is 10.1 Å². The molecule has 0 bridgehead atoms. The summed E-state index contributed by atoms with van der Waals surface area (Å²) in [6.45, 7) is 1.89. The molecule has 0 radical (unpaired) electrons. The van der Waals surface area contributed by atoms with Gasteiger partial charge in [0.15, 0.2) is 0 Å². The zero-order valence-electron chi connectivity index (χ0n) is 11.2. The number of hydrogen-bond donors (Lipinski definition) is 2. The molecule has 2 aromatic rings. The Hall–Kier alpha value is -2.02. The van der Waals surface area contributed by atoms with Gasteiger partial charge in [0, 0.05) is 13.1 Å². The first-order valence-corrected chi connectivity index (χ1v) is 6.96. The highest BCUT2D eigenvalue weighted by atomic mass is 32.1. The fourth-order valence-electron chi connectivity index (χ4n) is 1.73. The monoisotopic (exact) mass is 294 g/mol. The fourth-order valence-corrected chi connectivity index (χ4v) is 2.33. The maximum atomic E-state index is 12.8. The van der Waals surface area contributed by atoms with E-state index in [1.165, 1.54) is 23.5 Å². The summed E-state index contributed by atoms with van der Waals surface area (Å²) >= 11 is 1.20. The lowest BCUT2D eigenvalue weighted by Crippen LogP contribution is -2.34. The predicted molar refractivity (Wildman–Crippen MR) is 76.5 cm³/mol. The second-order valence-electron chi connectivity index (χ2n) is 4.37. The highest BCUT2D eigenvalue weighted by molar-refractivity contribution is 7.17. The molecule has 106 valence electrons. The molecule has 1 aromatic heterocycles. The second-order valence-corrected chi connectivity index (χ2v) is 5.34. The van der Waals surface area contributed by atoms with Gasteiger partial charge in [-0.2, -0.15) is 0 Å². The smallest absolute Gasteiger partial charge is 0.282 e. The average molecular weight is 294 g/mol. The van der Waals surface area contributed by atoms with Crippen LogP contribution in [0, 0.1) is 5.82 Å². The molecule has 0 aliphatic rings. The zero-order valence-corrected chi connectivity index (χ0v) is 12.0. The van der Waals surface area contributed by atoms with Gasteiger partial charge in [-0.15, -0.1) is 10.2 Å². The minimum absolute atomic E-state index is 0.0742. The van der Waals surface area contributed by atoms with E-state index in [0.29, 0.717) is 16.6 Å². The number of nitrogens with one attached hydrogen (secondary N) is 2. The molecule has 1 heterocycles. The van der Waals surface area contributed by atoms with Crippen LogP contribution >= 0.6 is 11.3 Å². The summed E-state index contributed by atoms with van der Waals surface area (Å²) < 4.78 is 12.8. The van der Waals surface area contributed by atoms with E-state index in [2.05, 4.69) is 20.8 Å². The average Bonchev–Trinajstić information content (AvgIpc) is 2.90. The van der Waals surface area contributed by atoms with Crippen LogP contribution in [0.15, 0.2) is 24.3 Å². The third-order valence-electron chi connectivity index (χ3n) is 2.67. The lowest BCUT2D eigenvalue weighted by atomic mass is 10.1. The van der Waals surface area contributed by atoms with E-state index in [4.69, 9.17) is 0 Å². The highest BCUT2D eigenvalue weighted by Crippen LogP contribution is 2.14. The van der Waals surface area contributed by atoms with Crippen LogP contribution in [0.1, 0.15) is 22.3 Å². The first-order chi connectivity index (χ1) is 9.58. The third-order valence-corrected chi connectivity index (χ3v) is 3.61. The van der Waals surface area contributed by atoms with Crippen molar-refractivity contribution in [3.63, 3.8) is 0 Å². The van der Waals surface area contributed by atoms with Crippen LogP contribution in [0.5, 0.6) is 0 Å². The summed E-state index contributed by atoms with van der Waals surface area (Å²) in [6.07, 6.45) is 0.629. The van der Waals surface area contributed by atoms with Gasteiger partial charge >= 0.3 is 0 Å². The molecular formula is C13H15FN4OS. The molecule has 0 saturated heterocycles. The SMILES string of the molecule is CNc1nnc(C(=O)NC(C)Cc2ccc(F)cc2)s1. The van der Waals surface area contributed by atoms with Crippen molar-refractivity contribution in [1.29, 1.82) is 0 Å². The number of amides is 1. The second kappa shape index (κ2) is 6.42. The van der Waals surface area contributed by atoms with Crippen molar-refractivity contribution in [2.24, 2.45) is 0 Å². The molecule has 0 saturated carbocycles. The predicted octanol–water partition coefficient (Wildman–Crippen LogP) is 2.08. The Kier molecular flexibility index (Phi) is 4.62. The molecule has 7 heteroatoms. The molecule has 0 aliphatic carbocycles. The number of benzene rings is 1. The lowest BCUT2D eigenvalue weighted by Gasteiger charge is -2.12. The first kappa shape index (κ1) is 14.4. The Morgan fingerprint density at radius 1 is 1.35 bits per heavy atom. The van der Waals surface area contributed by atoms with Crippen molar-refractivity contribution in [2.75, 3.05) is 12.4 Å². The molecule has 1 unspecified atom stereocenters. The molecule has 0 spiro atoms. The Bertz CT molecular complexity index is 584. The number of carbonyl (C=O) groups excluding carboxylic acids is 1. The van der Waals surface area contributed by atoms with E-state index in [0.717, 1.165) is 5.56 Å². The first-order valence-electron chi connectivity index (χ1n) is 6.15. The van der Waals surface area contributed by atoms with Gasteiger partial charge in [0.05, 0.1) is 0 Å². The number of aromatic nitrogens is 2. The van der Waals surface area contributed by atoms with Gasteiger partial charge in [-0.1, -0.05) is 23.5 Å². The number of nitrogens with zero attached hydrogens (tertiary/aromatic N) is 2. The van der Waals surface area contributed by atoms with E-state index in [1.54, 1.807) is 19.2 Å². The minimum atomic E-state index is -0.265. The molecule has 0 fully saturated rings. The maximum Gasteiger partial charge on any atom is 0.282 e. The van der Waals surface area contributed by atoms with Crippen LogP contribution in [0.4, 0.5) is 9.52 Å². The van der Waals surface area contributed by atoms with Crippen molar-refractivity contribution in [3.8, 4) is 0 Å². The molecule has 2 N–H and O–H groups in total. The van der Waals surface area contributed by atoms with Crippen molar-refractivity contribution in [1.82, 2.24) is 15.5 Å². The lowest BCUT2D eigenvalue weighted by molar-refractivity contribution is 0.0939. The van der Waals surface area contributed by atoms with Crippen LogP contribution < -0.4 is 10.6 Å². The maximum absolute atomic E-state index is 12.8. The van der Waals surface area contributed by atoms with Gasteiger partial charge in [-0.3, -0.25) is 4.79 Å². The van der Waals surface area contributed by atoms with Crippen molar-refractivity contribution in [2.45, 2.75) is 19.4 Å². The number of anilines is 1. The summed E-state index contributed by atoms with van der Waals surface area (Å²) in [5.74, 6) is -0.516. The van der Waals surface area contributed by atoms with Gasteiger partial charge in [0.25, 0.3) is 5.91 Å². The minimum Gasteiger partial charge on any atom is -0.363 e. The van der Waals surface area contributed by atoms with E-state index in [-0.39, 0.29) is 17.8 Å². The summed E-state index contributed by atoms with van der Waals surface area (Å²) in [4.78, 5) is 11.9. The third kappa shape index (κ3) is 3.74. The summed E-state index contributed by atoms with van der Waals surface area (Å²) in [5.41, 5.74) is 0.965. The topological polar surface area (TPSA) is 66.9 Å². The number of carbonyl (C=O) groups is 1. The van der Waals surface area contributed by atoms with Crippen molar-refractivity contribution in [3.05, 3.63) is 40.7 Å². The van der Waals surface area contributed by atoms with Gasteiger partial charge in [-0.05, 0) is 31.0 Å². The molecule has 1 atom stereocenters. The van der Waals surface area contributed by atoms with Crippen molar-refractivity contribution >= 4 is 22.4 Å². The standard InChI is InChI=1S/C13H15FN4OS/c1-8(7-9-3-5-10(14)6-4-9)16-11(19)12-17-18-13(15-2)20-12/h3-6,8H,7H2,1-2H3,(H,15,18)(H,16,19). The fraction of sp³-hybridized carbons (Fsp3) is 0.308. The summed E-state index contributed by atoms with van der Waals surface area (Å²) in [6, 6.07) is 6.17. The van der Waals surface area contributed by atoms with Crippen LogP contribution in [-0.4, -0.2) is 29.2 Å². The van der Waals surface area contributed by atoms with Gasteiger partial charge in [0.1, 0.15) is 5.82 Å². The zero-order chi connectivity index (χ0) is 14.5. The highest BCUT2D eigenvalue weighted by Gasteiger charge is 2.15. The Labute approximate surface area is 120 Å². The summed E-state index contributed by atoms with van der Waals surface area (Å²) in [5, 5.41) is 14.2. The molecule has 5 nitrogen and oxygen atoms in total. The molecule has 1 aromatic carbocycles. The van der Waals surface area contributed by atoms with E-state index < -0.39 is 0 Å². The summed E-state index contributed by atoms with van der Waals surface area (Å²) in [7, 11) is 1.72. The van der Waals surface area contributed by atoms with E-state index >= 15 is 0 Å². The normalized spacial score (nSPS) is 11.9. The molecule has 20 heavy (non-hydrogen) atoms. The van der Waals surface area contributed by atoms with Crippen LogP contribution in [0.2, 0.25) is 0 Å². The van der Waals surface area contributed by atoms with Crippen LogP contribution in [0.25, 0.3) is 0 Å². The van der Waals surface area contributed by atoms with Crippen LogP contribution in [0.3, 0.4) is 0 Å².